The van der Waals surface area contributed by atoms with E-state index in [2.05, 4.69) is 21.2 Å². The molecule has 6 nitrogen and oxygen atoms in total. The SMILES string of the molecule is CS(=O)(=O)c1cc(NCc2cccc(Br)c2)ccc1[N+](=O)[O-]. The molecule has 0 aliphatic heterocycles. The van der Waals surface area contributed by atoms with Gasteiger partial charge in [-0.1, -0.05) is 28.1 Å². The molecular weight excluding hydrogens is 372 g/mol. The lowest BCUT2D eigenvalue weighted by Crippen LogP contribution is -2.05. The summed E-state index contributed by atoms with van der Waals surface area (Å²) in [6.45, 7) is 0.473. The van der Waals surface area contributed by atoms with Crippen LogP contribution in [-0.2, 0) is 16.4 Å². The third-order valence-electron chi connectivity index (χ3n) is 2.94. The summed E-state index contributed by atoms with van der Waals surface area (Å²) in [5.41, 5.74) is 1.08. The fourth-order valence-corrected chi connectivity index (χ4v) is 3.23. The lowest BCUT2D eigenvalue weighted by molar-refractivity contribution is -0.387. The van der Waals surface area contributed by atoms with Gasteiger partial charge in [0, 0.05) is 29.0 Å². The molecule has 22 heavy (non-hydrogen) atoms. The molecule has 0 saturated carbocycles. The first-order valence-corrected chi connectivity index (χ1v) is 8.92. The highest BCUT2D eigenvalue weighted by molar-refractivity contribution is 9.10. The molecule has 0 spiro atoms. The lowest BCUT2D eigenvalue weighted by Gasteiger charge is -2.09. The summed E-state index contributed by atoms with van der Waals surface area (Å²) in [7, 11) is -3.68. The van der Waals surface area contributed by atoms with Crippen molar-refractivity contribution in [2.24, 2.45) is 0 Å². The van der Waals surface area contributed by atoms with E-state index in [1.54, 1.807) is 0 Å². The van der Waals surface area contributed by atoms with Gasteiger partial charge in [-0.15, -0.1) is 0 Å². The largest absolute Gasteiger partial charge is 0.381 e. The Hall–Kier alpha value is -1.93. The molecule has 0 unspecified atom stereocenters. The summed E-state index contributed by atoms with van der Waals surface area (Å²) < 4.78 is 24.3. The topological polar surface area (TPSA) is 89.3 Å². The minimum absolute atomic E-state index is 0.295. The average molecular weight is 385 g/mol. The van der Waals surface area contributed by atoms with Gasteiger partial charge in [0.25, 0.3) is 5.69 Å². The van der Waals surface area contributed by atoms with Gasteiger partial charge >= 0.3 is 0 Å². The molecule has 0 fully saturated rings. The normalized spacial score (nSPS) is 11.2. The van der Waals surface area contributed by atoms with E-state index in [0.29, 0.717) is 12.2 Å². The number of benzene rings is 2. The van der Waals surface area contributed by atoms with Crippen molar-refractivity contribution in [2.45, 2.75) is 11.4 Å². The molecule has 0 bridgehead atoms. The number of hydrogen-bond acceptors (Lipinski definition) is 5. The summed E-state index contributed by atoms with van der Waals surface area (Å²) in [4.78, 5) is 9.92. The quantitative estimate of drug-likeness (QED) is 0.630. The highest BCUT2D eigenvalue weighted by Gasteiger charge is 2.22. The van der Waals surface area contributed by atoms with Gasteiger partial charge in [0.05, 0.1) is 4.92 Å². The van der Waals surface area contributed by atoms with Crippen molar-refractivity contribution < 1.29 is 13.3 Å². The van der Waals surface area contributed by atoms with Crippen LogP contribution in [0.25, 0.3) is 0 Å². The maximum Gasteiger partial charge on any atom is 0.288 e. The Morgan fingerprint density at radius 2 is 1.95 bits per heavy atom. The average Bonchev–Trinajstić information content (AvgIpc) is 2.44. The Morgan fingerprint density at radius 1 is 1.23 bits per heavy atom. The first-order chi connectivity index (χ1) is 10.3. The standard InChI is InChI=1S/C14H13BrN2O4S/c1-22(20,21)14-8-12(5-6-13(14)17(18)19)16-9-10-3-2-4-11(15)7-10/h2-8,16H,9H2,1H3. The predicted molar refractivity (Wildman–Crippen MR) is 87.7 cm³/mol. The van der Waals surface area contributed by atoms with Crippen molar-refractivity contribution in [3.05, 3.63) is 62.6 Å². The molecule has 2 aromatic carbocycles. The van der Waals surface area contributed by atoms with E-state index in [9.17, 15) is 18.5 Å². The molecule has 0 aliphatic carbocycles. The first-order valence-electron chi connectivity index (χ1n) is 6.24. The minimum atomic E-state index is -3.68. The second-order valence-corrected chi connectivity index (χ2v) is 7.60. The molecule has 8 heteroatoms. The summed E-state index contributed by atoms with van der Waals surface area (Å²) in [6.07, 6.45) is 0.952. The molecule has 2 rings (SSSR count). The van der Waals surface area contributed by atoms with E-state index in [1.165, 1.54) is 18.2 Å². The molecule has 0 aromatic heterocycles. The van der Waals surface area contributed by atoms with Crippen LogP contribution in [0, 0.1) is 10.1 Å². The summed E-state index contributed by atoms with van der Waals surface area (Å²) in [5.74, 6) is 0. The van der Waals surface area contributed by atoms with Gasteiger partial charge in [0.2, 0.25) is 0 Å². The van der Waals surface area contributed by atoms with Crippen molar-refractivity contribution in [1.82, 2.24) is 0 Å². The number of nitrogens with zero attached hydrogens (tertiary/aromatic N) is 1. The van der Waals surface area contributed by atoms with E-state index in [4.69, 9.17) is 0 Å². The van der Waals surface area contributed by atoms with Crippen LogP contribution in [0.15, 0.2) is 51.8 Å². The molecular formula is C14H13BrN2O4S. The van der Waals surface area contributed by atoms with Gasteiger partial charge < -0.3 is 5.32 Å². The van der Waals surface area contributed by atoms with Gasteiger partial charge in [-0.05, 0) is 29.8 Å². The number of halogens is 1. The minimum Gasteiger partial charge on any atom is -0.381 e. The van der Waals surface area contributed by atoms with Crippen LogP contribution in [0.4, 0.5) is 11.4 Å². The maximum atomic E-state index is 11.7. The fraction of sp³-hybridized carbons (Fsp3) is 0.143. The van der Waals surface area contributed by atoms with E-state index in [-0.39, 0.29) is 4.90 Å². The molecule has 0 atom stereocenters. The van der Waals surface area contributed by atoms with Crippen LogP contribution >= 0.6 is 15.9 Å². The highest BCUT2D eigenvalue weighted by Crippen LogP contribution is 2.27. The zero-order valence-corrected chi connectivity index (χ0v) is 14.0. The van der Waals surface area contributed by atoms with E-state index >= 15 is 0 Å². The summed E-state index contributed by atoms with van der Waals surface area (Å²) in [5, 5.41) is 14.0. The van der Waals surface area contributed by atoms with Crippen molar-refractivity contribution in [3.63, 3.8) is 0 Å². The van der Waals surface area contributed by atoms with Crippen molar-refractivity contribution in [3.8, 4) is 0 Å². The number of anilines is 1. The van der Waals surface area contributed by atoms with E-state index in [0.717, 1.165) is 16.3 Å². The Bertz CT molecular complexity index is 821. The van der Waals surface area contributed by atoms with Gasteiger partial charge in [0.15, 0.2) is 9.84 Å². The monoisotopic (exact) mass is 384 g/mol. The second kappa shape index (κ2) is 6.45. The number of hydrogen-bond donors (Lipinski definition) is 1. The Morgan fingerprint density at radius 3 is 2.55 bits per heavy atom. The summed E-state index contributed by atoms with van der Waals surface area (Å²) in [6, 6.07) is 11.6. The molecule has 0 radical (unpaired) electrons. The number of nitro benzene ring substituents is 1. The van der Waals surface area contributed by atoms with Gasteiger partial charge in [-0.25, -0.2) is 8.42 Å². The van der Waals surface area contributed by atoms with Crippen LogP contribution in [0.1, 0.15) is 5.56 Å². The number of sulfone groups is 1. The van der Waals surface area contributed by atoms with Crippen molar-refractivity contribution in [1.29, 1.82) is 0 Å². The smallest absolute Gasteiger partial charge is 0.288 e. The highest BCUT2D eigenvalue weighted by atomic mass is 79.9. The van der Waals surface area contributed by atoms with Crippen LogP contribution in [0.2, 0.25) is 0 Å². The zero-order valence-electron chi connectivity index (χ0n) is 11.6. The molecule has 0 aliphatic rings. The number of nitrogens with one attached hydrogen (secondary N) is 1. The van der Waals surface area contributed by atoms with Crippen LogP contribution in [0.5, 0.6) is 0 Å². The molecule has 0 amide bonds. The molecule has 0 heterocycles. The van der Waals surface area contributed by atoms with E-state index in [1.807, 2.05) is 24.3 Å². The Kier molecular flexibility index (Phi) is 4.82. The third-order valence-corrected chi connectivity index (χ3v) is 4.56. The first kappa shape index (κ1) is 16.4. The molecule has 1 N–H and O–H groups in total. The third kappa shape index (κ3) is 4.05. The molecule has 116 valence electrons. The van der Waals surface area contributed by atoms with Gasteiger partial charge in [-0.3, -0.25) is 10.1 Å². The van der Waals surface area contributed by atoms with Crippen molar-refractivity contribution in [2.75, 3.05) is 11.6 Å². The number of nitro groups is 1. The molecule has 0 saturated heterocycles. The molecule has 2 aromatic rings. The second-order valence-electron chi connectivity index (χ2n) is 4.70. The Labute approximate surface area is 136 Å². The lowest BCUT2D eigenvalue weighted by atomic mass is 10.2. The van der Waals surface area contributed by atoms with Crippen LogP contribution in [-0.4, -0.2) is 19.6 Å². The van der Waals surface area contributed by atoms with Gasteiger partial charge in [0.1, 0.15) is 4.90 Å². The Balaban J connectivity index is 2.28. The van der Waals surface area contributed by atoms with Gasteiger partial charge in [-0.2, -0.15) is 0 Å². The zero-order chi connectivity index (χ0) is 16.3. The summed E-state index contributed by atoms with van der Waals surface area (Å²) >= 11 is 3.37. The van der Waals surface area contributed by atoms with Crippen LogP contribution in [0.3, 0.4) is 0 Å². The fourth-order valence-electron chi connectivity index (χ4n) is 1.92. The maximum absolute atomic E-state index is 11.7. The van der Waals surface area contributed by atoms with E-state index < -0.39 is 20.4 Å². The number of rotatable bonds is 5. The van der Waals surface area contributed by atoms with Crippen LogP contribution < -0.4 is 5.32 Å². The predicted octanol–water partition coefficient (Wildman–Crippen LogP) is 3.37. The van der Waals surface area contributed by atoms with Crippen molar-refractivity contribution >= 4 is 37.1 Å².